The summed E-state index contributed by atoms with van der Waals surface area (Å²) in [6, 6.07) is 7.77. The fourth-order valence-corrected chi connectivity index (χ4v) is 1.04. The fraction of sp³-hybridized carbons (Fsp3) is 0.200. The second-order valence-electron chi connectivity index (χ2n) is 2.80. The Morgan fingerprint density at radius 2 is 1.92 bits per heavy atom. The number of benzene rings is 1. The molecule has 1 nitrogen and oxygen atoms in total. The minimum atomic E-state index is 0.788. The average Bonchev–Trinajstić information content (AvgIpc) is 2.03. The Kier molecular flexibility index (Phi) is 3.18. The highest BCUT2D eigenvalue weighted by Gasteiger charge is 1.92. The van der Waals surface area contributed by atoms with Crippen LogP contribution < -0.4 is 0 Å². The second-order valence-corrected chi connectivity index (χ2v) is 3.21. The van der Waals surface area contributed by atoms with Gasteiger partial charge in [0, 0.05) is 19.1 Å². The summed E-state index contributed by atoms with van der Waals surface area (Å²) in [6.45, 7) is 0. The highest BCUT2D eigenvalue weighted by molar-refractivity contribution is 6.32. The topological polar surface area (TPSA) is 3.24 Å². The van der Waals surface area contributed by atoms with Crippen LogP contribution in [-0.2, 0) is 0 Å². The number of nitrogens with zero attached hydrogens (tertiary/aromatic N) is 1. The summed E-state index contributed by atoms with van der Waals surface area (Å²) in [5.74, 6) is 0. The van der Waals surface area contributed by atoms with E-state index >= 15 is 0 Å². The summed E-state index contributed by atoms with van der Waals surface area (Å²) in [5.41, 5.74) is 1.05. The van der Waals surface area contributed by atoms with Gasteiger partial charge in [0.05, 0.1) is 0 Å². The van der Waals surface area contributed by atoms with Gasteiger partial charge in [0.15, 0.2) is 0 Å². The lowest BCUT2D eigenvalue weighted by atomic mass is 10.2. The lowest BCUT2D eigenvalue weighted by Crippen LogP contribution is -1.99. The molecular weight excluding hydrogens is 170 g/mol. The van der Waals surface area contributed by atoms with Gasteiger partial charge in [-0.3, -0.25) is 0 Å². The van der Waals surface area contributed by atoms with Crippen LogP contribution in [0.25, 0.3) is 6.08 Å². The molecule has 0 saturated heterocycles. The van der Waals surface area contributed by atoms with Gasteiger partial charge in [-0.05, 0) is 23.9 Å². The summed E-state index contributed by atoms with van der Waals surface area (Å²) < 4.78 is 0. The molecule has 0 unspecified atom stereocenters. The molecule has 1 rings (SSSR count). The molecule has 0 aliphatic rings. The Morgan fingerprint density at radius 1 is 1.25 bits per heavy atom. The van der Waals surface area contributed by atoms with Crippen LogP contribution in [-0.4, -0.2) is 19.0 Å². The summed E-state index contributed by atoms with van der Waals surface area (Å²) in [6.07, 6.45) is 3.96. The van der Waals surface area contributed by atoms with Gasteiger partial charge in [0.25, 0.3) is 0 Å². The molecule has 0 heterocycles. The smallest absolute Gasteiger partial charge is 0.0478 e. The van der Waals surface area contributed by atoms with E-state index in [1.165, 1.54) is 0 Å². The molecule has 1 aromatic carbocycles. The Morgan fingerprint density at radius 3 is 2.50 bits per heavy atom. The third-order valence-electron chi connectivity index (χ3n) is 1.46. The first kappa shape index (κ1) is 9.14. The number of hydrogen-bond donors (Lipinski definition) is 0. The molecule has 0 fully saturated rings. The van der Waals surface area contributed by atoms with Crippen LogP contribution in [0.2, 0.25) is 5.02 Å². The van der Waals surface area contributed by atoms with Gasteiger partial charge >= 0.3 is 0 Å². The van der Waals surface area contributed by atoms with E-state index in [0.717, 1.165) is 10.6 Å². The van der Waals surface area contributed by atoms with E-state index in [1.807, 2.05) is 55.5 Å². The summed E-state index contributed by atoms with van der Waals surface area (Å²) in [4.78, 5) is 1.98. The monoisotopic (exact) mass is 181 g/mol. The summed E-state index contributed by atoms with van der Waals surface area (Å²) in [7, 11) is 3.96. The van der Waals surface area contributed by atoms with E-state index in [9.17, 15) is 0 Å². The van der Waals surface area contributed by atoms with Crippen LogP contribution in [0.4, 0.5) is 0 Å². The first-order valence-corrected chi connectivity index (χ1v) is 4.17. The zero-order chi connectivity index (χ0) is 8.97. The van der Waals surface area contributed by atoms with Crippen molar-refractivity contribution in [2.45, 2.75) is 0 Å². The molecule has 0 bridgehead atoms. The predicted molar refractivity (Wildman–Crippen MR) is 54.2 cm³/mol. The molecule has 0 atom stereocenters. The molecule has 0 amide bonds. The maximum Gasteiger partial charge on any atom is 0.0478 e. The highest BCUT2D eigenvalue weighted by Crippen LogP contribution is 2.15. The van der Waals surface area contributed by atoms with Crippen molar-refractivity contribution in [3.05, 3.63) is 41.1 Å². The molecule has 0 aromatic heterocycles. The molecule has 0 N–H and O–H groups in total. The van der Waals surface area contributed by atoms with Crippen molar-refractivity contribution in [1.29, 1.82) is 0 Å². The molecule has 0 radical (unpaired) electrons. The minimum Gasteiger partial charge on any atom is -0.383 e. The molecule has 0 saturated carbocycles. The van der Waals surface area contributed by atoms with Gasteiger partial charge in [-0.15, -0.1) is 0 Å². The molecule has 0 aliphatic carbocycles. The molecule has 0 aliphatic heterocycles. The van der Waals surface area contributed by atoms with Gasteiger partial charge in [-0.2, -0.15) is 0 Å². The number of rotatable bonds is 2. The molecular formula is C10H12ClN. The normalized spacial score (nSPS) is 10.6. The quantitative estimate of drug-likeness (QED) is 0.678. The van der Waals surface area contributed by atoms with E-state index in [1.54, 1.807) is 0 Å². The largest absolute Gasteiger partial charge is 0.383 e. The van der Waals surface area contributed by atoms with Crippen LogP contribution in [0.3, 0.4) is 0 Å². The van der Waals surface area contributed by atoms with Crippen molar-refractivity contribution in [1.82, 2.24) is 4.90 Å². The van der Waals surface area contributed by atoms with Gasteiger partial charge in [-0.25, -0.2) is 0 Å². The van der Waals surface area contributed by atoms with Gasteiger partial charge in [0.2, 0.25) is 0 Å². The first-order valence-electron chi connectivity index (χ1n) is 3.79. The molecule has 0 spiro atoms. The second kappa shape index (κ2) is 4.17. The van der Waals surface area contributed by atoms with Crippen molar-refractivity contribution >= 4 is 17.7 Å². The third kappa shape index (κ3) is 2.59. The van der Waals surface area contributed by atoms with Crippen LogP contribution in [0.1, 0.15) is 5.56 Å². The van der Waals surface area contributed by atoms with Gasteiger partial charge in [0.1, 0.15) is 0 Å². The zero-order valence-corrected chi connectivity index (χ0v) is 8.05. The van der Waals surface area contributed by atoms with Crippen molar-refractivity contribution < 1.29 is 0 Å². The lowest BCUT2D eigenvalue weighted by Gasteiger charge is -2.03. The van der Waals surface area contributed by atoms with E-state index in [2.05, 4.69) is 0 Å². The fourth-order valence-electron chi connectivity index (χ4n) is 0.840. The third-order valence-corrected chi connectivity index (χ3v) is 1.80. The summed E-state index contributed by atoms with van der Waals surface area (Å²) in [5, 5.41) is 0.788. The standard InChI is InChI=1S/C10H12ClN/c1-12(2)8-7-9-5-3-4-6-10(9)11/h3-8H,1-2H3. The van der Waals surface area contributed by atoms with E-state index < -0.39 is 0 Å². The van der Waals surface area contributed by atoms with Crippen LogP contribution >= 0.6 is 11.6 Å². The van der Waals surface area contributed by atoms with Crippen LogP contribution in [0.5, 0.6) is 0 Å². The first-order chi connectivity index (χ1) is 5.70. The van der Waals surface area contributed by atoms with Gasteiger partial charge in [-0.1, -0.05) is 29.8 Å². The Balaban J connectivity index is 2.82. The SMILES string of the molecule is CN(C)C=Cc1ccccc1Cl. The van der Waals surface area contributed by atoms with Crippen molar-refractivity contribution in [3.8, 4) is 0 Å². The van der Waals surface area contributed by atoms with E-state index in [0.29, 0.717) is 0 Å². The molecule has 2 heteroatoms. The van der Waals surface area contributed by atoms with Crippen molar-refractivity contribution in [2.75, 3.05) is 14.1 Å². The maximum atomic E-state index is 5.94. The Bertz CT molecular complexity index is 279. The van der Waals surface area contributed by atoms with Crippen LogP contribution in [0.15, 0.2) is 30.5 Å². The minimum absolute atomic E-state index is 0.788. The summed E-state index contributed by atoms with van der Waals surface area (Å²) >= 11 is 5.94. The maximum absolute atomic E-state index is 5.94. The molecule has 64 valence electrons. The van der Waals surface area contributed by atoms with E-state index in [-0.39, 0.29) is 0 Å². The average molecular weight is 182 g/mol. The van der Waals surface area contributed by atoms with Gasteiger partial charge < -0.3 is 4.90 Å². The van der Waals surface area contributed by atoms with Crippen molar-refractivity contribution in [2.24, 2.45) is 0 Å². The van der Waals surface area contributed by atoms with Crippen LogP contribution in [0, 0.1) is 0 Å². The predicted octanol–water partition coefficient (Wildman–Crippen LogP) is 2.87. The Hall–Kier alpha value is -0.950. The lowest BCUT2D eigenvalue weighted by molar-refractivity contribution is 0.567. The number of hydrogen-bond acceptors (Lipinski definition) is 1. The molecule has 12 heavy (non-hydrogen) atoms. The van der Waals surface area contributed by atoms with E-state index in [4.69, 9.17) is 11.6 Å². The Labute approximate surface area is 78.3 Å². The highest BCUT2D eigenvalue weighted by atomic mass is 35.5. The van der Waals surface area contributed by atoms with Crippen molar-refractivity contribution in [3.63, 3.8) is 0 Å². The zero-order valence-electron chi connectivity index (χ0n) is 7.29. The number of halogens is 1. The molecule has 1 aromatic rings.